The molecule has 20 heavy (non-hydrogen) atoms. The number of nitrogens with one attached hydrogen (secondary N) is 1. The van der Waals surface area contributed by atoms with Gasteiger partial charge in [-0.3, -0.25) is 4.90 Å². The highest BCUT2D eigenvalue weighted by atomic mass is 32.2. The molecule has 116 valence electrons. The van der Waals surface area contributed by atoms with Crippen molar-refractivity contribution in [1.82, 2.24) is 13.9 Å². The first kappa shape index (κ1) is 14.7. The van der Waals surface area contributed by atoms with Crippen LogP contribution in [0.4, 0.5) is 0 Å². The van der Waals surface area contributed by atoms with Gasteiger partial charge >= 0.3 is 0 Å². The van der Waals surface area contributed by atoms with Crippen molar-refractivity contribution in [2.75, 3.05) is 26.2 Å². The lowest BCUT2D eigenvalue weighted by atomic mass is 10.1. The number of rotatable bonds is 5. The lowest BCUT2D eigenvalue weighted by Crippen LogP contribution is -2.54. The molecule has 2 heterocycles. The van der Waals surface area contributed by atoms with Gasteiger partial charge in [0, 0.05) is 44.3 Å². The summed E-state index contributed by atoms with van der Waals surface area (Å²) in [5, 5.41) is 0. The Kier molecular flexibility index (Phi) is 4.33. The van der Waals surface area contributed by atoms with Crippen molar-refractivity contribution in [3.8, 4) is 0 Å². The van der Waals surface area contributed by atoms with E-state index in [9.17, 15) is 8.42 Å². The van der Waals surface area contributed by atoms with Gasteiger partial charge in [0.2, 0.25) is 0 Å². The zero-order valence-electron chi connectivity index (χ0n) is 12.0. The number of likely N-dealkylation sites (tertiary alicyclic amines) is 1. The van der Waals surface area contributed by atoms with Crippen LogP contribution >= 0.6 is 0 Å². The van der Waals surface area contributed by atoms with Crippen LogP contribution in [0.1, 0.15) is 38.5 Å². The Morgan fingerprint density at radius 2 is 1.90 bits per heavy atom. The number of hydrogen-bond acceptors (Lipinski definition) is 4. The largest absolute Gasteiger partial charge is 0.329 e. The van der Waals surface area contributed by atoms with Crippen LogP contribution in [0.3, 0.4) is 0 Å². The van der Waals surface area contributed by atoms with E-state index in [4.69, 9.17) is 5.73 Å². The van der Waals surface area contributed by atoms with Crippen LogP contribution in [-0.2, 0) is 10.2 Å². The third-order valence-corrected chi connectivity index (χ3v) is 6.48. The average Bonchev–Trinajstić information content (AvgIpc) is 3.20. The molecule has 3 N–H and O–H groups in total. The fraction of sp³-hybridized carbons (Fsp3) is 1.00. The molecule has 3 fully saturated rings. The second-order valence-corrected chi connectivity index (χ2v) is 7.99. The minimum Gasteiger partial charge on any atom is -0.329 e. The maximum Gasteiger partial charge on any atom is 0.280 e. The van der Waals surface area contributed by atoms with Gasteiger partial charge in [-0.15, -0.1) is 0 Å². The molecule has 6 nitrogen and oxygen atoms in total. The van der Waals surface area contributed by atoms with Crippen molar-refractivity contribution in [3.05, 3.63) is 0 Å². The van der Waals surface area contributed by atoms with E-state index in [1.807, 2.05) is 0 Å². The molecule has 7 heteroatoms. The molecule has 0 radical (unpaired) electrons. The van der Waals surface area contributed by atoms with E-state index in [1.54, 1.807) is 4.31 Å². The lowest BCUT2D eigenvalue weighted by molar-refractivity contribution is 0.252. The Balaban J connectivity index is 1.59. The molecule has 0 amide bonds. The maximum absolute atomic E-state index is 12.5. The molecule has 1 saturated carbocycles. The highest BCUT2D eigenvalue weighted by molar-refractivity contribution is 7.87. The van der Waals surface area contributed by atoms with Gasteiger partial charge in [0.1, 0.15) is 0 Å². The molecule has 0 aromatic carbocycles. The normalized spacial score (nSPS) is 33.6. The number of piperidine rings is 1. The van der Waals surface area contributed by atoms with Gasteiger partial charge in [-0.25, -0.2) is 0 Å². The van der Waals surface area contributed by atoms with E-state index in [2.05, 4.69) is 9.62 Å². The highest BCUT2D eigenvalue weighted by Crippen LogP contribution is 2.30. The zero-order chi connectivity index (χ0) is 14.2. The summed E-state index contributed by atoms with van der Waals surface area (Å²) in [6.45, 7) is 2.92. The van der Waals surface area contributed by atoms with Crippen LogP contribution in [0.15, 0.2) is 0 Å². The quantitative estimate of drug-likeness (QED) is 0.741. The summed E-state index contributed by atoms with van der Waals surface area (Å²) in [7, 11) is -3.38. The van der Waals surface area contributed by atoms with Crippen LogP contribution in [-0.4, -0.2) is 61.9 Å². The standard InChI is InChI=1S/C13H26N4O2S/c14-9-13-3-1-2-7-17(13)20(18,19)15-11-6-8-16(10-11)12-4-5-12/h11-13,15H,1-10,14H2. The molecule has 0 aromatic rings. The molecule has 3 aliphatic rings. The Hall–Kier alpha value is -0.210. The molecular weight excluding hydrogens is 276 g/mol. The van der Waals surface area contributed by atoms with Gasteiger partial charge in [-0.1, -0.05) is 6.42 Å². The Bertz CT molecular complexity index is 438. The SMILES string of the molecule is NCC1CCCCN1S(=O)(=O)NC1CCN(C2CC2)C1. The molecule has 0 bridgehead atoms. The summed E-state index contributed by atoms with van der Waals surface area (Å²) in [6.07, 6.45) is 6.39. The molecule has 0 aromatic heterocycles. The van der Waals surface area contributed by atoms with Gasteiger partial charge in [0.05, 0.1) is 0 Å². The Labute approximate surface area is 121 Å². The summed E-state index contributed by atoms with van der Waals surface area (Å²) in [6, 6.07) is 0.763. The molecular formula is C13H26N4O2S. The second kappa shape index (κ2) is 5.88. The van der Waals surface area contributed by atoms with Crippen molar-refractivity contribution < 1.29 is 8.42 Å². The van der Waals surface area contributed by atoms with Crippen molar-refractivity contribution in [1.29, 1.82) is 0 Å². The van der Waals surface area contributed by atoms with Crippen molar-refractivity contribution in [3.63, 3.8) is 0 Å². The molecule has 3 rings (SSSR count). The molecule has 2 unspecified atom stereocenters. The van der Waals surface area contributed by atoms with Gasteiger partial charge in [0.25, 0.3) is 10.2 Å². The van der Waals surface area contributed by atoms with E-state index < -0.39 is 10.2 Å². The van der Waals surface area contributed by atoms with E-state index in [0.29, 0.717) is 13.1 Å². The monoisotopic (exact) mass is 302 g/mol. The van der Waals surface area contributed by atoms with E-state index in [-0.39, 0.29) is 12.1 Å². The van der Waals surface area contributed by atoms with E-state index in [0.717, 1.165) is 44.8 Å². The Morgan fingerprint density at radius 3 is 2.60 bits per heavy atom. The molecule has 2 atom stereocenters. The van der Waals surface area contributed by atoms with Crippen LogP contribution in [0.2, 0.25) is 0 Å². The second-order valence-electron chi connectivity index (χ2n) is 6.33. The highest BCUT2D eigenvalue weighted by Gasteiger charge is 2.38. The number of nitrogens with two attached hydrogens (primary N) is 1. The summed E-state index contributed by atoms with van der Waals surface area (Å²) >= 11 is 0. The summed E-state index contributed by atoms with van der Waals surface area (Å²) in [4.78, 5) is 2.42. The van der Waals surface area contributed by atoms with Crippen LogP contribution in [0.25, 0.3) is 0 Å². The van der Waals surface area contributed by atoms with Gasteiger partial charge in [-0.05, 0) is 32.1 Å². The minimum absolute atomic E-state index is 0.0258. The third kappa shape index (κ3) is 3.17. The lowest BCUT2D eigenvalue weighted by Gasteiger charge is -2.34. The zero-order valence-corrected chi connectivity index (χ0v) is 12.8. The van der Waals surface area contributed by atoms with Crippen molar-refractivity contribution in [2.24, 2.45) is 5.73 Å². The van der Waals surface area contributed by atoms with Gasteiger partial charge in [0.15, 0.2) is 0 Å². The van der Waals surface area contributed by atoms with Gasteiger partial charge in [-0.2, -0.15) is 17.4 Å². The number of hydrogen-bond donors (Lipinski definition) is 2. The predicted octanol–water partition coefficient (Wildman–Crippen LogP) is -0.129. The molecule has 1 aliphatic carbocycles. The van der Waals surface area contributed by atoms with Crippen LogP contribution in [0, 0.1) is 0 Å². The van der Waals surface area contributed by atoms with Crippen LogP contribution in [0.5, 0.6) is 0 Å². The van der Waals surface area contributed by atoms with Gasteiger partial charge < -0.3 is 5.73 Å². The Morgan fingerprint density at radius 1 is 1.10 bits per heavy atom. The predicted molar refractivity (Wildman–Crippen MR) is 78.5 cm³/mol. The summed E-state index contributed by atoms with van der Waals surface area (Å²) < 4.78 is 29.6. The summed E-state index contributed by atoms with van der Waals surface area (Å²) in [5.74, 6) is 0. The maximum atomic E-state index is 12.5. The first-order chi connectivity index (χ1) is 9.60. The van der Waals surface area contributed by atoms with Crippen LogP contribution < -0.4 is 10.5 Å². The van der Waals surface area contributed by atoms with E-state index in [1.165, 1.54) is 12.8 Å². The molecule has 0 spiro atoms. The molecule has 2 saturated heterocycles. The first-order valence-corrected chi connectivity index (χ1v) is 9.27. The number of nitrogens with zero attached hydrogens (tertiary/aromatic N) is 2. The van der Waals surface area contributed by atoms with Crippen molar-refractivity contribution in [2.45, 2.75) is 56.7 Å². The topological polar surface area (TPSA) is 78.7 Å². The molecule has 2 aliphatic heterocycles. The third-order valence-electron chi connectivity index (χ3n) is 4.75. The van der Waals surface area contributed by atoms with Crippen molar-refractivity contribution >= 4 is 10.2 Å². The first-order valence-electron chi connectivity index (χ1n) is 7.83. The smallest absolute Gasteiger partial charge is 0.280 e. The van der Waals surface area contributed by atoms with E-state index >= 15 is 0 Å². The minimum atomic E-state index is -3.38. The fourth-order valence-electron chi connectivity index (χ4n) is 3.46. The average molecular weight is 302 g/mol. The summed E-state index contributed by atoms with van der Waals surface area (Å²) in [5.41, 5.74) is 5.73. The fourth-order valence-corrected chi connectivity index (χ4v) is 5.16.